The van der Waals surface area contributed by atoms with Crippen molar-refractivity contribution in [3.05, 3.63) is 91.9 Å². The first kappa shape index (κ1) is 22.0. The number of phenols is 1. The quantitative estimate of drug-likeness (QED) is 0.377. The van der Waals surface area contributed by atoms with Crippen LogP contribution in [0, 0.1) is 0 Å². The van der Waals surface area contributed by atoms with E-state index in [-0.39, 0.29) is 5.75 Å². The maximum Gasteiger partial charge on any atom is 0.160 e. The van der Waals surface area contributed by atoms with Gasteiger partial charge in [0.1, 0.15) is 0 Å². The predicted molar refractivity (Wildman–Crippen MR) is 123 cm³/mol. The fourth-order valence-corrected chi connectivity index (χ4v) is 3.87. The van der Waals surface area contributed by atoms with Gasteiger partial charge in [0, 0.05) is 34.2 Å². The van der Waals surface area contributed by atoms with Crippen LogP contribution in [0.5, 0.6) is 11.5 Å². The number of hydrogen-bond donors (Lipinski definition) is 1. The molecular formula is C23H22BrCl2NO2. The normalized spacial score (nSPS) is 11.1. The largest absolute Gasteiger partial charge is 0.504 e. The van der Waals surface area contributed by atoms with E-state index in [2.05, 4.69) is 45.1 Å². The number of benzene rings is 3. The molecule has 29 heavy (non-hydrogen) atoms. The fraction of sp³-hybridized carbons (Fsp3) is 0.217. The van der Waals surface area contributed by atoms with Crippen LogP contribution in [0.3, 0.4) is 0 Å². The zero-order valence-corrected chi connectivity index (χ0v) is 19.1. The zero-order chi connectivity index (χ0) is 20.8. The summed E-state index contributed by atoms with van der Waals surface area (Å²) in [7, 11) is 1.54. The van der Waals surface area contributed by atoms with Crippen LogP contribution in [-0.2, 0) is 19.5 Å². The third kappa shape index (κ3) is 6.38. The molecule has 0 aliphatic carbocycles. The smallest absolute Gasteiger partial charge is 0.160 e. The summed E-state index contributed by atoms with van der Waals surface area (Å²) in [5.41, 5.74) is 3.28. The van der Waals surface area contributed by atoms with Crippen molar-refractivity contribution in [1.82, 2.24) is 4.90 Å². The number of ether oxygens (including phenoxy) is 1. The van der Waals surface area contributed by atoms with E-state index in [9.17, 15) is 5.11 Å². The standard InChI is InChI=1S/C23H22BrCl2NO2/c1-29-23-9-4-17(12-22(23)28)14-27(11-10-16-2-6-19(24)7-3-16)15-18-5-8-20(25)13-21(18)26/h2-9,12-13,28H,10-11,14-15H2,1H3. The summed E-state index contributed by atoms with van der Waals surface area (Å²) in [5.74, 6) is 0.610. The third-order valence-electron chi connectivity index (χ3n) is 4.69. The number of methoxy groups -OCH3 is 1. The molecular weight excluding hydrogens is 473 g/mol. The van der Waals surface area contributed by atoms with Crippen molar-refractivity contribution in [3.63, 3.8) is 0 Å². The Morgan fingerprint density at radius 3 is 2.31 bits per heavy atom. The maximum atomic E-state index is 10.1. The van der Waals surface area contributed by atoms with Gasteiger partial charge in [-0.2, -0.15) is 0 Å². The monoisotopic (exact) mass is 493 g/mol. The van der Waals surface area contributed by atoms with Gasteiger partial charge in [-0.25, -0.2) is 0 Å². The SMILES string of the molecule is COc1ccc(CN(CCc2ccc(Br)cc2)Cc2ccc(Cl)cc2Cl)cc1O. The first-order chi connectivity index (χ1) is 13.9. The molecule has 3 nitrogen and oxygen atoms in total. The molecule has 3 aromatic rings. The van der Waals surface area contributed by atoms with E-state index in [1.54, 1.807) is 25.3 Å². The number of phenolic OH excluding ortho intramolecular Hbond substituents is 1. The Morgan fingerprint density at radius 1 is 0.931 bits per heavy atom. The van der Waals surface area contributed by atoms with Crippen LogP contribution < -0.4 is 4.74 Å². The zero-order valence-electron chi connectivity index (χ0n) is 16.0. The van der Waals surface area contributed by atoms with Gasteiger partial charge in [0.15, 0.2) is 11.5 Å². The highest BCUT2D eigenvalue weighted by Gasteiger charge is 2.12. The summed E-state index contributed by atoms with van der Waals surface area (Å²) in [6, 6.07) is 19.4. The predicted octanol–water partition coefficient (Wildman–Crippen LogP) is 6.72. The van der Waals surface area contributed by atoms with Gasteiger partial charge in [-0.1, -0.05) is 63.4 Å². The minimum atomic E-state index is 0.141. The summed E-state index contributed by atoms with van der Waals surface area (Å²) in [6.45, 7) is 2.19. The lowest BCUT2D eigenvalue weighted by Gasteiger charge is -2.23. The lowest BCUT2D eigenvalue weighted by atomic mass is 10.1. The number of halogens is 3. The molecule has 0 bridgehead atoms. The highest BCUT2D eigenvalue weighted by Crippen LogP contribution is 2.28. The summed E-state index contributed by atoms with van der Waals surface area (Å²) in [5, 5.41) is 11.4. The molecule has 0 radical (unpaired) electrons. The van der Waals surface area contributed by atoms with Crippen LogP contribution in [-0.4, -0.2) is 23.7 Å². The van der Waals surface area contributed by atoms with Crippen LogP contribution in [0.2, 0.25) is 10.0 Å². The first-order valence-corrected chi connectivity index (χ1v) is 10.8. The average molecular weight is 495 g/mol. The van der Waals surface area contributed by atoms with Crippen LogP contribution >= 0.6 is 39.1 Å². The lowest BCUT2D eigenvalue weighted by molar-refractivity contribution is 0.259. The molecule has 0 amide bonds. The van der Waals surface area contributed by atoms with Crippen molar-refractivity contribution in [2.24, 2.45) is 0 Å². The van der Waals surface area contributed by atoms with Crippen LogP contribution in [0.4, 0.5) is 0 Å². The second-order valence-corrected chi connectivity index (χ2v) is 8.59. The van der Waals surface area contributed by atoms with E-state index in [1.807, 2.05) is 18.2 Å². The molecule has 0 heterocycles. The van der Waals surface area contributed by atoms with Gasteiger partial charge in [0.2, 0.25) is 0 Å². The third-order valence-corrected chi connectivity index (χ3v) is 5.80. The van der Waals surface area contributed by atoms with Crippen molar-refractivity contribution in [2.75, 3.05) is 13.7 Å². The molecule has 0 aliphatic heterocycles. The molecule has 3 rings (SSSR count). The molecule has 6 heteroatoms. The molecule has 0 aromatic heterocycles. The molecule has 0 saturated heterocycles. The van der Waals surface area contributed by atoms with Gasteiger partial charge in [-0.05, 0) is 59.5 Å². The second-order valence-electron chi connectivity index (χ2n) is 6.83. The topological polar surface area (TPSA) is 32.7 Å². The Labute approximate surface area is 190 Å². The minimum Gasteiger partial charge on any atom is -0.504 e. The average Bonchev–Trinajstić information content (AvgIpc) is 2.69. The van der Waals surface area contributed by atoms with Gasteiger partial charge in [0.25, 0.3) is 0 Å². The highest BCUT2D eigenvalue weighted by atomic mass is 79.9. The lowest BCUT2D eigenvalue weighted by Crippen LogP contribution is -2.25. The van der Waals surface area contributed by atoms with Gasteiger partial charge in [-0.3, -0.25) is 4.90 Å². The van der Waals surface area contributed by atoms with Crippen LogP contribution in [0.25, 0.3) is 0 Å². The molecule has 0 atom stereocenters. The summed E-state index contributed by atoms with van der Waals surface area (Å²) in [4.78, 5) is 2.30. The molecule has 152 valence electrons. The van der Waals surface area contributed by atoms with Crippen LogP contribution in [0.1, 0.15) is 16.7 Å². The molecule has 0 aliphatic rings. The fourth-order valence-electron chi connectivity index (χ4n) is 3.14. The Bertz CT molecular complexity index is 964. The van der Waals surface area contributed by atoms with Crippen molar-refractivity contribution in [1.29, 1.82) is 0 Å². The highest BCUT2D eigenvalue weighted by molar-refractivity contribution is 9.10. The van der Waals surface area contributed by atoms with Gasteiger partial charge in [-0.15, -0.1) is 0 Å². The van der Waals surface area contributed by atoms with E-state index in [1.165, 1.54) is 5.56 Å². The summed E-state index contributed by atoms with van der Waals surface area (Å²) in [6.07, 6.45) is 0.903. The Hall–Kier alpha value is -1.72. The number of aromatic hydroxyl groups is 1. The summed E-state index contributed by atoms with van der Waals surface area (Å²) < 4.78 is 6.21. The van der Waals surface area contributed by atoms with Crippen molar-refractivity contribution >= 4 is 39.1 Å². The number of rotatable bonds is 8. The van der Waals surface area contributed by atoms with E-state index >= 15 is 0 Å². The Balaban J connectivity index is 1.77. The van der Waals surface area contributed by atoms with Crippen molar-refractivity contribution < 1.29 is 9.84 Å². The Morgan fingerprint density at radius 2 is 1.66 bits per heavy atom. The van der Waals surface area contributed by atoms with Crippen LogP contribution in [0.15, 0.2) is 65.1 Å². The molecule has 3 aromatic carbocycles. The summed E-state index contributed by atoms with van der Waals surface area (Å²) >= 11 is 15.9. The van der Waals surface area contributed by atoms with Crippen molar-refractivity contribution in [3.8, 4) is 11.5 Å². The van der Waals surface area contributed by atoms with Gasteiger partial charge < -0.3 is 9.84 Å². The number of hydrogen-bond acceptors (Lipinski definition) is 3. The van der Waals surface area contributed by atoms with E-state index < -0.39 is 0 Å². The van der Waals surface area contributed by atoms with E-state index in [0.29, 0.717) is 28.9 Å². The molecule has 0 unspecified atom stereocenters. The van der Waals surface area contributed by atoms with Gasteiger partial charge in [0.05, 0.1) is 7.11 Å². The molecule has 0 spiro atoms. The van der Waals surface area contributed by atoms with Gasteiger partial charge >= 0.3 is 0 Å². The van der Waals surface area contributed by atoms with E-state index in [0.717, 1.165) is 28.6 Å². The molecule has 1 N–H and O–H groups in total. The molecule has 0 fully saturated rings. The molecule has 0 saturated carbocycles. The minimum absolute atomic E-state index is 0.141. The first-order valence-electron chi connectivity index (χ1n) is 9.21. The maximum absolute atomic E-state index is 10.1. The van der Waals surface area contributed by atoms with Crippen molar-refractivity contribution in [2.45, 2.75) is 19.5 Å². The second kappa shape index (κ2) is 10.4. The number of nitrogens with zero attached hydrogens (tertiary/aromatic N) is 1. The Kier molecular flexibility index (Phi) is 7.84. The van der Waals surface area contributed by atoms with E-state index in [4.69, 9.17) is 27.9 Å².